The summed E-state index contributed by atoms with van der Waals surface area (Å²) in [5.41, 5.74) is 0.177. The van der Waals surface area contributed by atoms with Gasteiger partial charge in [-0.05, 0) is 41.3 Å². The Morgan fingerprint density at radius 1 is 1.29 bits per heavy atom. The lowest BCUT2D eigenvalue weighted by Gasteiger charge is -2.42. The summed E-state index contributed by atoms with van der Waals surface area (Å²) in [6.07, 6.45) is 4.54. The van der Waals surface area contributed by atoms with Crippen molar-refractivity contribution in [1.29, 1.82) is 0 Å². The highest BCUT2D eigenvalue weighted by Crippen LogP contribution is 2.26. The zero-order chi connectivity index (χ0) is 15.0. The molecule has 1 saturated heterocycles. The summed E-state index contributed by atoms with van der Waals surface area (Å²) in [5, 5.41) is 0. The van der Waals surface area contributed by atoms with Crippen molar-refractivity contribution in [1.82, 2.24) is 14.8 Å². The number of carbonyl (C=O) groups excluding carboxylic acids is 2. The lowest BCUT2D eigenvalue weighted by Crippen LogP contribution is -2.58. The van der Waals surface area contributed by atoms with Crippen LogP contribution in [-0.4, -0.2) is 45.7 Å². The van der Waals surface area contributed by atoms with Crippen molar-refractivity contribution in [2.24, 2.45) is 0 Å². The Balaban J connectivity index is 1.69. The van der Waals surface area contributed by atoms with E-state index in [0.717, 1.165) is 19.3 Å². The van der Waals surface area contributed by atoms with Crippen LogP contribution >= 0.6 is 15.9 Å². The van der Waals surface area contributed by atoms with Gasteiger partial charge in [0, 0.05) is 29.8 Å². The fourth-order valence-electron chi connectivity index (χ4n) is 2.63. The summed E-state index contributed by atoms with van der Waals surface area (Å²) in [6.45, 7) is 0.980. The minimum atomic E-state index is -0.558. The minimum absolute atomic E-state index is 0.0300. The van der Waals surface area contributed by atoms with E-state index in [0.29, 0.717) is 17.6 Å². The van der Waals surface area contributed by atoms with Crippen LogP contribution < -0.4 is 0 Å². The Hall–Kier alpha value is -1.50. The summed E-state index contributed by atoms with van der Waals surface area (Å²) in [4.78, 5) is 31.3. The highest BCUT2D eigenvalue weighted by atomic mass is 79.9. The molecule has 2 heterocycles. The number of nitrogens with zero attached hydrogens (tertiary/aromatic N) is 3. The second-order valence-corrected chi connectivity index (χ2v) is 6.31. The van der Waals surface area contributed by atoms with Gasteiger partial charge in [0.05, 0.1) is 12.2 Å². The number of halogens is 2. The number of hydrogen-bond donors (Lipinski definition) is 0. The van der Waals surface area contributed by atoms with E-state index in [1.54, 1.807) is 4.90 Å². The van der Waals surface area contributed by atoms with E-state index >= 15 is 0 Å². The van der Waals surface area contributed by atoms with Gasteiger partial charge in [-0.3, -0.25) is 14.6 Å². The van der Waals surface area contributed by atoms with Crippen molar-refractivity contribution in [3.05, 3.63) is 28.2 Å². The van der Waals surface area contributed by atoms with Gasteiger partial charge in [-0.15, -0.1) is 0 Å². The number of carbonyl (C=O) groups is 2. The molecule has 1 saturated carbocycles. The lowest BCUT2D eigenvalue weighted by atomic mass is 9.91. The predicted molar refractivity (Wildman–Crippen MR) is 76.7 cm³/mol. The predicted octanol–water partition coefficient (Wildman–Crippen LogP) is 1.71. The first-order valence-electron chi connectivity index (χ1n) is 6.96. The average molecular weight is 356 g/mol. The van der Waals surface area contributed by atoms with Crippen molar-refractivity contribution in [2.75, 3.05) is 13.1 Å². The fourth-order valence-corrected chi connectivity index (χ4v) is 2.93. The van der Waals surface area contributed by atoms with Gasteiger partial charge >= 0.3 is 11.8 Å². The Morgan fingerprint density at radius 2 is 2.05 bits per heavy atom. The molecule has 5 nitrogen and oxygen atoms in total. The van der Waals surface area contributed by atoms with Crippen LogP contribution in [0.1, 0.15) is 25.0 Å². The molecule has 0 bridgehead atoms. The first kappa shape index (κ1) is 14.4. The molecule has 1 aromatic rings. The van der Waals surface area contributed by atoms with Crippen LogP contribution in [0, 0.1) is 5.82 Å². The maximum atomic E-state index is 13.8. The molecule has 21 heavy (non-hydrogen) atoms. The summed E-state index contributed by atoms with van der Waals surface area (Å²) in [5.74, 6) is -1.51. The zero-order valence-electron chi connectivity index (χ0n) is 11.4. The van der Waals surface area contributed by atoms with Gasteiger partial charge in [0.25, 0.3) is 0 Å². The monoisotopic (exact) mass is 355 g/mol. The molecule has 2 fully saturated rings. The summed E-state index contributed by atoms with van der Waals surface area (Å²) in [7, 11) is 0. The van der Waals surface area contributed by atoms with Gasteiger partial charge in [-0.25, -0.2) is 4.39 Å². The van der Waals surface area contributed by atoms with Gasteiger partial charge in [0.2, 0.25) is 0 Å². The van der Waals surface area contributed by atoms with Gasteiger partial charge in [-0.1, -0.05) is 0 Å². The van der Waals surface area contributed by atoms with Gasteiger partial charge < -0.3 is 9.80 Å². The first-order chi connectivity index (χ1) is 10.1. The molecular weight excluding hydrogens is 341 g/mol. The highest BCUT2D eigenvalue weighted by Gasteiger charge is 2.38. The van der Waals surface area contributed by atoms with Crippen molar-refractivity contribution in [3.8, 4) is 0 Å². The number of hydrogen-bond acceptors (Lipinski definition) is 3. The Morgan fingerprint density at radius 3 is 2.67 bits per heavy atom. The number of aromatic nitrogens is 1. The molecule has 1 aliphatic heterocycles. The molecular formula is C14H15BrFN3O2. The number of pyridine rings is 1. The molecule has 2 amide bonds. The van der Waals surface area contributed by atoms with Crippen molar-refractivity contribution in [3.63, 3.8) is 0 Å². The van der Waals surface area contributed by atoms with E-state index in [4.69, 9.17) is 0 Å². The summed E-state index contributed by atoms with van der Waals surface area (Å²) in [6, 6.07) is 1.52. The third-order valence-electron chi connectivity index (χ3n) is 4.08. The maximum Gasteiger partial charge on any atom is 0.312 e. The Bertz CT molecular complexity index is 592. The van der Waals surface area contributed by atoms with Gasteiger partial charge in [0.1, 0.15) is 5.82 Å². The molecule has 0 N–H and O–H groups in total. The summed E-state index contributed by atoms with van der Waals surface area (Å²) < 4.78 is 14.3. The van der Waals surface area contributed by atoms with E-state index in [1.807, 2.05) is 0 Å². The van der Waals surface area contributed by atoms with E-state index in [9.17, 15) is 14.0 Å². The Kier molecular flexibility index (Phi) is 3.93. The van der Waals surface area contributed by atoms with Crippen LogP contribution in [0.25, 0.3) is 0 Å². The second-order valence-electron chi connectivity index (χ2n) is 5.39. The standard InChI is InChI=1S/C14H15BrFN3O2/c15-9-6-11(16)12(17-7-9)8-18-4-5-19(10-2-1-3-10)14(21)13(18)20/h6-7,10H,1-5,8H2. The van der Waals surface area contributed by atoms with Crippen molar-refractivity contribution >= 4 is 27.7 Å². The van der Waals surface area contributed by atoms with Crippen LogP contribution in [0.2, 0.25) is 0 Å². The molecule has 0 unspecified atom stereocenters. The molecule has 1 aromatic heterocycles. The van der Waals surface area contributed by atoms with E-state index in [2.05, 4.69) is 20.9 Å². The molecule has 2 aliphatic rings. The number of piperazine rings is 1. The lowest BCUT2D eigenvalue weighted by molar-refractivity contribution is -0.159. The first-order valence-corrected chi connectivity index (χ1v) is 7.75. The van der Waals surface area contributed by atoms with Crippen LogP contribution in [0.3, 0.4) is 0 Å². The fraction of sp³-hybridized carbons (Fsp3) is 0.500. The van der Waals surface area contributed by atoms with Crippen molar-refractivity contribution < 1.29 is 14.0 Å². The van der Waals surface area contributed by atoms with Crippen LogP contribution in [0.15, 0.2) is 16.7 Å². The maximum absolute atomic E-state index is 13.8. The second kappa shape index (κ2) is 5.71. The topological polar surface area (TPSA) is 53.5 Å². The molecule has 3 rings (SSSR count). The van der Waals surface area contributed by atoms with Crippen LogP contribution in [-0.2, 0) is 16.1 Å². The minimum Gasteiger partial charge on any atom is -0.330 e. The molecule has 0 aromatic carbocycles. The van der Waals surface area contributed by atoms with E-state index in [1.165, 1.54) is 17.2 Å². The van der Waals surface area contributed by atoms with Gasteiger partial charge in [0.15, 0.2) is 0 Å². The average Bonchev–Trinajstić information content (AvgIpc) is 2.39. The molecule has 0 spiro atoms. The molecule has 7 heteroatoms. The van der Waals surface area contributed by atoms with E-state index < -0.39 is 17.6 Å². The highest BCUT2D eigenvalue weighted by molar-refractivity contribution is 9.10. The molecule has 112 valence electrons. The molecule has 1 aliphatic carbocycles. The Labute approximate surface area is 130 Å². The van der Waals surface area contributed by atoms with Gasteiger partial charge in [-0.2, -0.15) is 0 Å². The smallest absolute Gasteiger partial charge is 0.312 e. The summed E-state index contributed by atoms with van der Waals surface area (Å²) >= 11 is 3.14. The SMILES string of the molecule is O=C1C(=O)N(C2CCC2)CCN1Cc1ncc(Br)cc1F. The zero-order valence-corrected chi connectivity index (χ0v) is 13.0. The third kappa shape index (κ3) is 2.79. The van der Waals surface area contributed by atoms with Crippen molar-refractivity contribution in [2.45, 2.75) is 31.8 Å². The largest absolute Gasteiger partial charge is 0.330 e. The third-order valence-corrected chi connectivity index (χ3v) is 4.52. The number of rotatable bonds is 3. The quantitative estimate of drug-likeness (QED) is 0.775. The number of amides is 2. The van der Waals surface area contributed by atoms with Crippen LogP contribution in [0.4, 0.5) is 4.39 Å². The van der Waals surface area contributed by atoms with Crippen LogP contribution in [0.5, 0.6) is 0 Å². The molecule has 0 atom stereocenters. The van der Waals surface area contributed by atoms with E-state index in [-0.39, 0.29) is 18.3 Å². The normalized spacial score (nSPS) is 19.9. The molecule has 0 radical (unpaired) electrons.